The zero-order chi connectivity index (χ0) is 36.4. The first-order valence-corrected chi connectivity index (χ1v) is 18.6. The summed E-state index contributed by atoms with van der Waals surface area (Å²) in [5, 5.41) is 71.6. The van der Waals surface area contributed by atoms with E-state index in [9.17, 15) is 74.1 Å². The average molecular weight is 780 g/mol. The highest BCUT2D eigenvalue weighted by Crippen LogP contribution is 2.61. The lowest BCUT2D eigenvalue weighted by molar-refractivity contribution is -0.385. The number of benzene rings is 1. The first-order chi connectivity index (χ1) is 22.8. The number of carboxylic acids is 1. The molecule has 1 aromatic heterocycles. The number of carboxylic acid groups (broad SMARTS) is 1. The number of aromatic carboxylic acids is 1. The van der Waals surface area contributed by atoms with Gasteiger partial charge in [-0.3, -0.25) is 33.5 Å². The Balaban J connectivity index is 1.34. The van der Waals surface area contributed by atoms with Gasteiger partial charge in [0.2, 0.25) is 0 Å². The van der Waals surface area contributed by atoms with Crippen LogP contribution in [0, 0.1) is 10.1 Å². The molecular weight excluding hydrogens is 752 g/mol. The van der Waals surface area contributed by atoms with E-state index in [-0.39, 0.29) is 10.6 Å². The van der Waals surface area contributed by atoms with Crippen LogP contribution < -0.4 is 11.2 Å². The molecule has 11 atom stereocenters. The summed E-state index contributed by atoms with van der Waals surface area (Å²) in [4.78, 5) is 67.1. The van der Waals surface area contributed by atoms with Crippen molar-refractivity contribution in [3.63, 3.8) is 0 Å². The van der Waals surface area contributed by atoms with Crippen LogP contribution in [0.25, 0.3) is 0 Å². The SMILES string of the molecule is O=C(O)c1cc(SSCC2OC(OP(=O)(O)OP(=O)(O)OCC3OC(n4ccc(=O)[nH]c4=O)C(O)C3O)C(O)C(O)C2O)ccc1[N+](=O)[O-]. The third-order valence-corrected chi connectivity index (χ3v) is 11.7. The average Bonchev–Trinajstić information content (AvgIpc) is 3.29. The molecule has 0 spiro atoms. The maximum Gasteiger partial charge on any atom is 0.483 e. The molecule has 3 heterocycles. The number of carbonyl (C=O) groups is 1. The lowest BCUT2D eigenvalue weighted by Crippen LogP contribution is -2.58. The molecule has 0 bridgehead atoms. The number of nitro groups is 1. The number of nitro benzene ring substituents is 1. The van der Waals surface area contributed by atoms with E-state index >= 15 is 0 Å². The lowest BCUT2D eigenvalue weighted by Gasteiger charge is -2.40. The van der Waals surface area contributed by atoms with E-state index in [1.54, 1.807) is 0 Å². The fraction of sp³-hybridized carbons (Fsp3) is 0.500. The summed E-state index contributed by atoms with van der Waals surface area (Å²) in [5.41, 5.74) is -3.05. The predicted octanol–water partition coefficient (Wildman–Crippen LogP) is -1.74. The highest BCUT2D eigenvalue weighted by molar-refractivity contribution is 8.76. The van der Waals surface area contributed by atoms with Crippen LogP contribution in [0.5, 0.6) is 0 Å². The van der Waals surface area contributed by atoms with Crippen molar-refractivity contribution in [2.45, 2.75) is 60.1 Å². The van der Waals surface area contributed by atoms with Gasteiger partial charge in [-0.05, 0) is 12.1 Å². The summed E-state index contributed by atoms with van der Waals surface area (Å²) in [7, 11) is -9.57. The Morgan fingerprint density at radius 3 is 2.29 bits per heavy atom. The van der Waals surface area contributed by atoms with Crippen molar-refractivity contribution in [1.82, 2.24) is 9.55 Å². The van der Waals surface area contributed by atoms with Gasteiger partial charge in [0.05, 0.1) is 17.6 Å². The summed E-state index contributed by atoms with van der Waals surface area (Å²) in [6.45, 7) is -1.08. The number of hydrogen-bond donors (Lipinski definition) is 9. The molecule has 2 aliphatic rings. The van der Waals surface area contributed by atoms with Gasteiger partial charge >= 0.3 is 27.3 Å². The third-order valence-electron chi connectivity index (χ3n) is 6.76. The third kappa shape index (κ3) is 9.62. The number of ether oxygens (including phenoxy) is 2. The Morgan fingerprint density at radius 2 is 1.65 bits per heavy atom. The molecule has 1 aromatic carbocycles. The molecule has 9 N–H and O–H groups in total. The molecule has 0 radical (unpaired) electrons. The van der Waals surface area contributed by atoms with Crippen LogP contribution >= 0.6 is 37.2 Å². The molecule has 2 fully saturated rings. The minimum atomic E-state index is -5.72. The van der Waals surface area contributed by atoms with Crippen LogP contribution in [0.15, 0.2) is 44.9 Å². The quantitative estimate of drug-likeness (QED) is 0.0445. The predicted molar refractivity (Wildman–Crippen MR) is 160 cm³/mol. The monoisotopic (exact) mass is 779 g/mol. The summed E-state index contributed by atoms with van der Waals surface area (Å²) in [6, 6.07) is 4.14. The first kappa shape index (κ1) is 39.2. The van der Waals surface area contributed by atoms with Gasteiger partial charge in [-0.25, -0.2) is 18.7 Å². The fourth-order valence-electron chi connectivity index (χ4n) is 4.40. The number of nitrogens with one attached hydrogen (secondary N) is 1. The van der Waals surface area contributed by atoms with Crippen molar-refractivity contribution < 1.29 is 82.1 Å². The van der Waals surface area contributed by atoms with Gasteiger partial charge in [0.15, 0.2) is 12.5 Å². The minimum absolute atomic E-state index is 0.226. The Morgan fingerprint density at radius 1 is 0.980 bits per heavy atom. The van der Waals surface area contributed by atoms with Crippen LogP contribution in [-0.2, 0) is 32.0 Å². The number of aromatic amines is 1. The number of rotatable bonds is 14. The highest BCUT2D eigenvalue weighted by Gasteiger charge is 2.49. The number of phosphoric acid groups is 2. The Hall–Kier alpha value is -2.55. The fourth-order valence-corrected chi connectivity index (χ4v) is 8.79. The van der Waals surface area contributed by atoms with E-state index in [0.717, 1.165) is 46.0 Å². The van der Waals surface area contributed by atoms with E-state index in [4.69, 9.17) is 9.47 Å². The van der Waals surface area contributed by atoms with E-state index in [1.165, 1.54) is 6.07 Å². The van der Waals surface area contributed by atoms with Gasteiger partial charge in [-0.15, -0.1) is 0 Å². The van der Waals surface area contributed by atoms with Gasteiger partial charge < -0.3 is 49.9 Å². The minimum Gasteiger partial charge on any atom is -0.477 e. The molecule has 2 aromatic rings. The van der Waals surface area contributed by atoms with Crippen molar-refractivity contribution in [2.24, 2.45) is 0 Å². The van der Waals surface area contributed by atoms with E-state index in [0.29, 0.717) is 4.57 Å². The summed E-state index contributed by atoms with van der Waals surface area (Å²) in [6.07, 6.45) is -15.7. The van der Waals surface area contributed by atoms with Crippen LogP contribution in [-0.4, -0.2) is 122 Å². The lowest BCUT2D eigenvalue weighted by atomic mass is 10.0. The standard InChI is InChI=1S/C22H27N3O20P2S2/c26-13-3-4-24(22(34)23-13)19-17(30)14(27)11(42-19)6-41-46(37,38)45-47(39,40)44-21-18(31)16(29)15(28)12(43-21)7-48-49-8-1-2-10(25(35)36)9(5-8)20(32)33/h1-5,11-12,14-19,21,27-31H,6-7H2,(H,32,33)(H,37,38)(H,39,40)(H,23,26,34). The van der Waals surface area contributed by atoms with Crippen molar-refractivity contribution in [2.75, 3.05) is 12.4 Å². The van der Waals surface area contributed by atoms with Crippen molar-refractivity contribution in [1.29, 1.82) is 0 Å². The van der Waals surface area contributed by atoms with Gasteiger partial charge in [0.1, 0.15) is 42.2 Å². The number of hydrogen-bond acceptors (Lipinski definition) is 19. The van der Waals surface area contributed by atoms with Crippen LogP contribution in [0.2, 0.25) is 0 Å². The van der Waals surface area contributed by atoms with E-state index in [2.05, 4.69) is 13.4 Å². The second kappa shape index (κ2) is 15.8. The molecule has 0 saturated carbocycles. The maximum atomic E-state index is 12.6. The molecule has 11 unspecified atom stereocenters. The van der Waals surface area contributed by atoms with E-state index < -0.39 is 111 Å². The molecule has 0 amide bonds. The summed E-state index contributed by atoms with van der Waals surface area (Å²) < 4.78 is 49.7. The van der Waals surface area contributed by atoms with Crippen molar-refractivity contribution in [3.8, 4) is 0 Å². The Labute approximate surface area is 279 Å². The number of H-pyrrole nitrogens is 1. The molecule has 4 rings (SSSR count). The number of aromatic nitrogens is 2. The number of aliphatic hydroxyl groups excluding tert-OH is 5. The smallest absolute Gasteiger partial charge is 0.477 e. The van der Waals surface area contributed by atoms with Crippen molar-refractivity contribution >= 4 is 48.9 Å². The van der Waals surface area contributed by atoms with Gasteiger partial charge in [0, 0.05) is 29.0 Å². The molecule has 23 nitrogen and oxygen atoms in total. The second-order valence-electron chi connectivity index (χ2n) is 10.1. The van der Waals surface area contributed by atoms with Crippen LogP contribution in [0.1, 0.15) is 16.6 Å². The number of aliphatic hydroxyl groups is 5. The maximum absolute atomic E-state index is 12.6. The molecule has 0 aliphatic carbocycles. The summed E-state index contributed by atoms with van der Waals surface area (Å²) >= 11 is 0. The topological polar surface area (TPSA) is 357 Å². The zero-order valence-electron chi connectivity index (χ0n) is 24.1. The zero-order valence-corrected chi connectivity index (χ0v) is 27.5. The summed E-state index contributed by atoms with van der Waals surface area (Å²) in [5.74, 6) is -1.83. The normalized spacial score (nSPS) is 31.1. The largest absolute Gasteiger partial charge is 0.483 e. The highest BCUT2D eigenvalue weighted by atomic mass is 33.1. The van der Waals surface area contributed by atoms with E-state index in [1.807, 2.05) is 4.98 Å². The molecule has 2 aliphatic heterocycles. The molecule has 272 valence electrons. The van der Waals surface area contributed by atoms with Gasteiger partial charge in [-0.2, -0.15) is 4.31 Å². The molecule has 27 heteroatoms. The van der Waals surface area contributed by atoms with Gasteiger partial charge in [-0.1, -0.05) is 21.6 Å². The number of phosphoric ester groups is 2. The van der Waals surface area contributed by atoms with Crippen LogP contribution in [0.3, 0.4) is 0 Å². The first-order valence-electron chi connectivity index (χ1n) is 13.3. The van der Waals surface area contributed by atoms with Gasteiger partial charge in [0.25, 0.3) is 11.2 Å². The van der Waals surface area contributed by atoms with Crippen molar-refractivity contribution in [3.05, 3.63) is 67.0 Å². The van der Waals surface area contributed by atoms with Crippen LogP contribution in [0.4, 0.5) is 5.69 Å². The Kier molecular flexibility index (Phi) is 12.6. The molecular formula is C22H27N3O20P2S2. The number of nitrogens with zero attached hydrogens (tertiary/aromatic N) is 2. The molecule has 49 heavy (non-hydrogen) atoms. The Bertz CT molecular complexity index is 1760. The molecule has 2 saturated heterocycles. The second-order valence-corrected chi connectivity index (χ2v) is 15.5.